The number of benzene rings is 2. The lowest BCUT2D eigenvalue weighted by molar-refractivity contribution is -0.134. The number of likely N-dealkylation sites (N-methyl/N-ethyl adjacent to an activating group) is 1. The van der Waals surface area contributed by atoms with Crippen molar-refractivity contribution in [2.75, 3.05) is 70.0 Å². The maximum Gasteiger partial charge on any atom is 0.262 e. The average molecular weight is 642 g/mol. The van der Waals surface area contributed by atoms with Crippen LogP contribution in [0.4, 0.5) is 20.2 Å². The topological polar surface area (TPSA) is 116 Å². The second-order valence-electron chi connectivity index (χ2n) is 12.0. The number of hydrogen-bond acceptors (Lipinski definition) is 7. The minimum absolute atomic E-state index is 0.00966. The lowest BCUT2D eigenvalue weighted by atomic mass is 10.0. The van der Waals surface area contributed by atoms with Crippen molar-refractivity contribution in [2.45, 2.75) is 43.2 Å². The number of hydrogen-bond donors (Lipinski definition) is 3. The van der Waals surface area contributed by atoms with E-state index in [1.807, 2.05) is 29.2 Å². The molecule has 0 aliphatic carbocycles. The number of nitrogens with one attached hydrogen (secondary N) is 2. The highest BCUT2D eigenvalue weighted by atomic mass is 32.2. The first kappa shape index (κ1) is 32.7. The third-order valence-corrected chi connectivity index (χ3v) is 9.25. The Morgan fingerprint density at radius 2 is 1.73 bits per heavy atom. The fourth-order valence-corrected chi connectivity index (χ4v) is 6.32. The van der Waals surface area contributed by atoms with Crippen LogP contribution in [0.5, 0.6) is 0 Å². The zero-order valence-electron chi connectivity index (χ0n) is 25.7. The van der Waals surface area contributed by atoms with Gasteiger partial charge in [-0.1, -0.05) is 12.0 Å². The molecular formula is C32H41F2N7O3S. The van der Waals surface area contributed by atoms with Gasteiger partial charge < -0.3 is 25.0 Å². The molecule has 13 heteroatoms. The van der Waals surface area contributed by atoms with Gasteiger partial charge in [-0.25, -0.2) is 22.3 Å². The molecule has 2 aromatic carbocycles. The van der Waals surface area contributed by atoms with Crippen molar-refractivity contribution in [1.29, 1.82) is 0 Å². The first-order chi connectivity index (χ1) is 21.4. The van der Waals surface area contributed by atoms with Crippen LogP contribution < -0.4 is 15.8 Å². The molecule has 0 atom stereocenters. The average Bonchev–Trinajstić information content (AvgIpc) is 3.33. The van der Waals surface area contributed by atoms with Gasteiger partial charge in [0.25, 0.3) is 5.92 Å². The quantitative estimate of drug-likeness (QED) is 0.308. The molecule has 3 heterocycles. The van der Waals surface area contributed by atoms with E-state index in [-0.39, 0.29) is 23.4 Å². The minimum atomic E-state index is -3.78. The number of rotatable bonds is 9. The Hall–Kier alpha value is -3.70. The Bertz CT molecular complexity index is 1660. The number of likely N-dealkylation sites (tertiary alicyclic amines) is 1. The van der Waals surface area contributed by atoms with E-state index in [1.165, 1.54) is 12.1 Å². The van der Waals surface area contributed by atoms with E-state index in [4.69, 9.17) is 5.14 Å². The molecule has 0 bridgehead atoms. The van der Waals surface area contributed by atoms with Crippen LogP contribution in [-0.4, -0.2) is 105 Å². The smallest absolute Gasteiger partial charge is 0.262 e. The summed E-state index contributed by atoms with van der Waals surface area (Å²) in [5, 5.41) is 12.7. The number of aromatic nitrogens is 1. The number of carbonyl (C=O) groups excluding carboxylic acids is 1. The first-order valence-corrected chi connectivity index (χ1v) is 16.7. The second kappa shape index (κ2) is 13.7. The molecule has 2 aliphatic rings. The molecule has 2 fully saturated rings. The van der Waals surface area contributed by atoms with Gasteiger partial charge in [0, 0.05) is 69.0 Å². The zero-order chi connectivity index (χ0) is 32.2. The molecular weight excluding hydrogens is 600 g/mol. The molecule has 0 radical (unpaired) electrons. The van der Waals surface area contributed by atoms with E-state index in [0.29, 0.717) is 23.4 Å². The molecule has 2 saturated heterocycles. The number of fused-ring (bicyclic) bond motifs is 1. The predicted octanol–water partition coefficient (Wildman–Crippen LogP) is 3.06. The third-order valence-electron chi connectivity index (χ3n) is 8.32. The van der Waals surface area contributed by atoms with Crippen LogP contribution in [0.15, 0.2) is 53.4 Å². The van der Waals surface area contributed by atoms with E-state index in [2.05, 4.69) is 39.3 Å². The van der Waals surface area contributed by atoms with E-state index in [0.717, 1.165) is 70.1 Å². The molecule has 0 spiro atoms. The summed E-state index contributed by atoms with van der Waals surface area (Å²) in [6.07, 6.45) is 1.74. The van der Waals surface area contributed by atoms with Gasteiger partial charge in [0.2, 0.25) is 15.9 Å². The molecule has 45 heavy (non-hydrogen) atoms. The molecule has 2 aliphatic heterocycles. The summed E-state index contributed by atoms with van der Waals surface area (Å²) in [5.41, 5.74) is 2.67. The van der Waals surface area contributed by atoms with Crippen LogP contribution in [0.25, 0.3) is 10.9 Å². The van der Waals surface area contributed by atoms with E-state index in [9.17, 15) is 22.0 Å². The number of carbonyl (C=O) groups is 1. The van der Waals surface area contributed by atoms with Gasteiger partial charge in [-0.15, -0.1) is 0 Å². The van der Waals surface area contributed by atoms with Crippen LogP contribution in [0.2, 0.25) is 0 Å². The lowest BCUT2D eigenvalue weighted by Gasteiger charge is -2.36. The van der Waals surface area contributed by atoms with Gasteiger partial charge in [-0.05, 0) is 68.3 Å². The summed E-state index contributed by atoms with van der Waals surface area (Å²) < 4.78 is 53.0. The molecule has 242 valence electrons. The Balaban J connectivity index is 1.24. The number of halogens is 2. The highest BCUT2D eigenvalue weighted by Gasteiger charge is 2.27. The zero-order valence-corrected chi connectivity index (χ0v) is 26.5. The summed E-state index contributed by atoms with van der Waals surface area (Å²) in [7, 11) is -1.71. The van der Waals surface area contributed by atoms with Crippen molar-refractivity contribution in [3.05, 3.63) is 54.2 Å². The predicted molar refractivity (Wildman–Crippen MR) is 173 cm³/mol. The Morgan fingerprint density at radius 3 is 2.38 bits per heavy atom. The Morgan fingerprint density at radius 1 is 1.04 bits per heavy atom. The van der Waals surface area contributed by atoms with E-state index >= 15 is 0 Å². The van der Waals surface area contributed by atoms with Gasteiger partial charge in [0.05, 0.1) is 35.7 Å². The van der Waals surface area contributed by atoms with Crippen molar-refractivity contribution in [1.82, 2.24) is 19.3 Å². The maximum absolute atomic E-state index is 14.3. The molecule has 1 aromatic heterocycles. The van der Waals surface area contributed by atoms with Crippen molar-refractivity contribution in [3.63, 3.8) is 0 Å². The van der Waals surface area contributed by atoms with Crippen LogP contribution in [-0.2, 0) is 21.4 Å². The van der Waals surface area contributed by atoms with E-state index < -0.39 is 22.5 Å². The molecule has 0 unspecified atom stereocenters. The SMILES string of the molecule is CN1CCN(C(=O)CN2CCC(Nc3cccc4c3cc(C#CCNc3ccc(S(N)(=O)=O)cc3)n4CC(C)(F)F)CC2)CC1. The maximum atomic E-state index is 14.3. The number of nitrogens with two attached hydrogens (primary N) is 1. The summed E-state index contributed by atoms with van der Waals surface area (Å²) in [5.74, 6) is 3.29. The third kappa shape index (κ3) is 8.73. The summed E-state index contributed by atoms with van der Waals surface area (Å²) >= 11 is 0. The van der Waals surface area contributed by atoms with Crippen molar-refractivity contribution in [3.8, 4) is 11.8 Å². The van der Waals surface area contributed by atoms with Crippen molar-refractivity contribution < 1.29 is 22.0 Å². The molecule has 3 aromatic rings. The Labute approximate surface area is 263 Å². The van der Waals surface area contributed by atoms with Gasteiger partial charge in [0.1, 0.15) is 0 Å². The van der Waals surface area contributed by atoms with E-state index in [1.54, 1.807) is 16.7 Å². The first-order valence-electron chi connectivity index (χ1n) is 15.2. The number of nitrogens with zero attached hydrogens (tertiary/aromatic N) is 4. The molecule has 1 amide bonds. The number of sulfonamides is 1. The van der Waals surface area contributed by atoms with Gasteiger partial charge in [0.15, 0.2) is 0 Å². The highest BCUT2D eigenvalue weighted by Crippen LogP contribution is 2.31. The number of piperidine rings is 1. The van der Waals surface area contributed by atoms with Crippen LogP contribution in [0.1, 0.15) is 25.5 Å². The monoisotopic (exact) mass is 641 g/mol. The number of primary sulfonamides is 1. The molecule has 10 nitrogen and oxygen atoms in total. The molecule has 5 rings (SSSR count). The van der Waals surface area contributed by atoms with Crippen LogP contribution in [0, 0.1) is 11.8 Å². The van der Waals surface area contributed by atoms with Gasteiger partial charge in [-0.2, -0.15) is 0 Å². The number of piperazine rings is 1. The number of alkyl halides is 2. The Kier molecular flexibility index (Phi) is 9.98. The highest BCUT2D eigenvalue weighted by molar-refractivity contribution is 7.89. The number of anilines is 2. The standard InChI is InChI=1S/C32H41F2N7O3S/c1-32(33,34)23-41-26(5-4-14-36-24-8-10-27(11-9-24)45(35,43)44)21-28-29(6-3-7-30(28)41)37-25-12-15-39(16-13-25)22-31(42)40-19-17-38(2)18-20-40/h3,6-11,21,25,36-37H,12-20,22-23H2,1-2H3,(H2,35,43,44). The fourth-order valence-electron chi connectivity index (χ4n) is 5.81. The number of amides is 1. The fraction of sp³-hybridized carbons (Fsp3) is 0.469. The van der Waals surface area contributed by atoms with Crippen molar-refractivity contribution in [2.24, 2.45) is 5.14 Å². The second-order valence-corrected chi connectivity index (χ2v) is 13.6. The summed E-state index contributed by atoms with van der Waals surface area (Å²) in [6.45, 7) is 6.05. The van der Waals surface area contributed by atoms with Crippen molar-refractivity contribution >= 4 is 38.2 Å². The lowest BCUT2D eigenvalue weighted by Crippen LogP contribution is -2.51. The van der Waals surface area contributed by atoms with Crippen LogP contribution in [0.3, 0.4) is 0 Å². The van der Waals surface area contributed by atoms with Gasteiger partial charge >= 0.3 is 0 Å². The molecule has 4 N–H and O–H groups in total. The summed E-state index contributed by atoms with van der Waals surface area (Å²) in [4.78, 5) is 19.2. The molecule has 0 saturated carbocycles. The van der Waals surface area contributed by atoms with Crippen LogP contribution >= 0.6 is 0 Å². The largest absolute Gasteiger partial charge is 0.382 e. The normalized spacial score (nSPS) is 17.2. The summed E-state index contributed by atoms with van der Waals surface area (Å²) in [6, 6.07) is 13.7. The minimum Gasteiger partial charge on any atom is -0.382 e. The van der Waals surface area contributed by atoms with Gasteiger partial charge in [-0.3, -0.25) is 9.69 Å².